The van der Waals surface area contributed by atoms with Gasteiger partial charge >= 0.3 is 0 Å². The minimum absolute atomic E-state index is 0.0207. The van der Waals surface area contributed by atoms with E-state index >= 15 is 0 Å². The number of carbonyl (C=O) groups is 2. The van der Waals surface area contributed by atoms with Crippen LogP contribution in [0.3, 0.4) is 0 Å². The Morgan fingerprint density at radius 2 is 0.925 bits per heavy atom. The van der Waals surface area contributed by atoms with E-state index < -0.39 is 64.2 Å². The number of aliphatic hydroxyl groups is 2. The SMILES string of the molecule is C[C@H](CC1CCCCC1)C(=O)N1CC[C@@](O)(Cn2cc(N=S(C)(C)=O)c(-c3ccccc3F)cc2=O)C(C)(C)C1.C[C@H](CC1CCCCC1)C(=O)N1CC[C@](O)(Cn2cc(N=S(C)(C)=O)c(-c3ccccc3F)cc2=O)C(C)(C)C1. The summed E-state index contributed by atoms with van der Waals surface area (Å²) >= 11 is 0. The summed E-state index contributed by atoms with van der Waals surface area (Å²) in [6.07, 6.45) is 23.7. The molecule has 2 aliphatic carbocycles. The molecule has 0 bridgehead atoms. The summed E-state index contributed by atoms with van der Waals surface area (Å²) < 4.78 is 66.0. The van der Waals surface area contributed by atoms with Crippen LogP contribution in [0.25, 0.3) is 22.3 Å². The molecule has 4 heterocycles. The highest BCUT2D eigenvalue weighted by molar-refractivity contribution is 7.92. The van der Waals surface area contributed by atoms with Crippen LogP contribution in [0.2, 0.25) is 0 Å². The zero-order valence-corrected chi connectivity index (χ0v) is 50.6. The second kappa shape index (κ2) is 25.2. The maximum atomic E-state index is 14.7. The summed E-state index contributed by atoms with van der Waals surface area (Å²) in [6.45, 7) is 13.3. The molecule has 440 valence electrons. The third-order valence-electron chi connectivity index (χ3n) is 17.6. The molecule has 4 aromatic rings. The van der Waals surface area contributed by atoms with Crippen molar-refractivity contribution in [2.24, 2.45) is 43.2 Å². The van der Waals surface area contributed by atoms with Crippen LogP contribution in [0.4, 0.5) is 20.2 Å². The Kier molecular flexibility index (Phi) is 19.7. The molecule has 8 rings (SSSR count). The van der Waals surface area contributed by atoms with E-state index in [1.54, 1.807) is 36.4 Å². The lowest BCUT2D eigenvalue weighted by atomic mass is 9.69. The Morgan fingerprint density at radius 1 is 0.588 bits per heavy atom. The number of hydrogen-bond acceptors (Lipinski definition) is 10. The van der Waals surface area contributed by atoms with Crippen LogP contribution < -0.4 is 11.1 Å². The van der Waals surface area contributed by atoms with Gasteiger partial charge in [0.25, 0.3) is 11.1 Å². The van der Waals surface area contributed by atoms with Gasteiger partial charge in [0.15, 0.2) is 0 Å². The van der Waals surface area contributed by atoms with E-state index in [0.29, 0.717) is 50.9 Å². The third-order valence-corrected chi connectivity index (χ3v) is 18.9. The molecule has 2 N–H and O–H groups in total. The van der Waals surface area contributed by atoms with Crippen molar-refractivity contribution in [3.8, 4) is 22.3 Å². The maximum Gasteiger partial charge on any atom is 0.251 e. The van der Waals surface area contributed by atoms with Gasteiger partial charge in [-0.1, -0.05) is 142 Å². The van der Waals surface area contributed by atoms with Crippen molar-refractivity contribution < 1.29 is 37.0 Å². The van der Waals surface area contributed by atoms with Gasteiger partial charge in [-0.15, -0.1) is 0 Å². The molecule has 2 aliphatic heterocycles. The van der Waals surface area contributed by atoms with Crippen LogP contribution in [0.5, 0.6) is 0 Å². The molecule has 80 heavy (non-hydrogen) atoms. The minimum atomic E-state index is -2.63. The Bertz CT molecular complexity index is 3040. The molecule has 2 saturated carbocycles. The van der Waals surface area contributed by atoms with Gasteiger partial charge in [-0.05, 0) is 49.7 Å². The number of aromatic nitrogens is 2. The van der Waals surface area contributed by atoms with Gasteiger partial charge < -0.3 is 29.1 Å². The zero-order valence-electron chi connectivity index (χ0n) is 49.0. The van der Waals surface area contributed by atoms with E-state index in [-0.39, 0.29) is 70.4 Å². The maximum absolute atomic E-state index is 14.7. The molecule has 4 aliphatic rings. The minimum Gasteiger partial charge on any atom is -0.387 e. The van der Waals surface area contributed by atoms with Gasteiger partial charge in [0, 0.05) is 140 Å². The molecule has 14 nitrogen and oxygen atoms in total. The Hall–Kier alpha value is -5.04. The lowest BCUT2D eigenvalue weighted by Gasteiger charge is -2.51. The molecular weight excluding hydrogens is 1060 g/mol. The van der Waals surface area contributed by atoms with Crippen LogP contribution in [0, 0.1) is 46.1 Å². The summed E-state index contributed by atoms with van der Waals surface area (Å²) in [5.74, 6) is 0.363. The third kappa shape index (κ3) is 15.3. The summed E-state index contributed by atoms with van der Waals surface area (Å²) in [7, 11) is -5.25. The van der Waals surface area contributed by atoms with Crippen molar-refractivity contribution in [1.82, 2.24) is 18.9 Å². The van der Waals surface area contributed by atoms with Crippen LogP contribution in [-0.2, 0) is 42.1 Å². The van der Waals surface area contributed by atoms with Crippen LogP contribution >= 0.6 is 0 Å². The molecule has 4 fully saturated rings. The lowest BCUT2D eigenvalue weighted by Crippen LogP contribution is -2.61. The van der Waals surface area contributed by atoms with E-state index in [1.165, 1.54) is 135 Å². The highest BCUT2D eigenvalue weighted by atomic mass is 32.2. The number of benzene rings is 2. The first kappa shape index (κ1) is 62.6. The van der Waals surface area contributed by atoms with Gasteiger partial charge in [0.05, 0.1) is 35.7 Å². The highest BCUT2D eigenvalue weighted by Gasteiger charge is 2.51. The largest absolute Gasteiger partial charge is 0.387 e. The predicted molar refractivity (Wildman–Crippen MR) is 317 cm³/mol. The number of likely N-dealkylation sites (tertiary alicyclic amines) is 2. The first-order chi connectivity index (χ1) is 37.4. The van der Waals surface area contributed by atoms with E-state index in [0.717, 1.165) is 12.8 Å². The Labute approximate surface area is 474 Å². The first-order valence-corrected chi connectivity index (χ1v) is 33.4. The van der Waals surface area contributed by atoms with Gasteiger partial charge in [-0.25, -0.2) is 17.2 Å². The molecule has 0 radical (unpaired) electrons. The summed E-state index contributed by atoms with van der Waals surface area (Å²) in [6, 6.07) is 14.8. The quantitative estimate of drug-likeness (QED) is 0.125. The van der Waals surface area contributed by atoms with Gasteiger partial charge in [-0.2, -0.15) is 8.73 Å². The van der Waals surface area contributed by atoms with Crippen molar-refractivity contribution in [3.63, 3.8) is 0 Å². The summed E-state index contributed by atoms with van der Waals surface area (Å²) in [5.41, 5.74) is -3.43. The number of halogens is 2. The second-order valence-corrected chi connectivity index (χ2v) is 30.8. The fraction of sp³-hybridized carbons (Fsp3) is 0.613. The Morgan fingerprint density at radius 3 is 1.24 bits per heavy atom. The average molecular weight is 1150 g/mol. The lowest BCUT2D eigenvalue weighted by molar-refractivity contribution is -0.158. The normalized spacial score (nSPS) is 22.6. The molecule has 2 saturated heterocycles. The molecule has 2 aromatic heterocycles. The molecular formula is C62H88F2N6O8S2. The fourth-order valence-corrected chi connectivity index (χ4v) is 13.9. The number of rotatable bonds is 14. The predicted octanol–water partition coefficient (Wildman–Crippen LogP) is 11.2. The van der Waals surface area contributed by atoms with Gasteiger partial charge in [-0.3, -0.25) is 19.2 Å². The zero-order chi connectivity index (χ0) is 58.6. The van der Waals surface area contributed by atoms with Crippen molar-refractivity contribution >= 4 is 42.6 Å². The van der Waals surface area contributed by atoms with Gasteiger partial charge in [0.1, 0.15) is 11.6 Å². The summed E-state index contributed by atoms with van der Waals surface area (Å²) in [4.78, 5) is 57.0. The topological polar surface area (TPSA) is 184 Å². The first-order valence-electron chi connectivity index (χ1n) is 28.7. The van der Waals surface area contributed by atoms with E-state index in [1.807, 2.05) is 51.3 Å². The molecule has 0 spiro atoms. The molecule has 0 unspecified atom stereocenters. The van der Waals surface area contributed by atoms with E-state index in [4.69, 9.17) is 0 Å². The van der Waals surface area contributed by atoms with Crippen molar-refractivity contribution in [3.05, 3.63) is 105 Å². The molecule has 18 heteroatoms. The van der Waals surface area contributed by atoms with Gasteiger partial charge in [0.2, 0.25) is 11.8 Å². The van der Waals surface area contributed by atoms with Crippen molar-refractivity contribution in [1.29, 1.82) is 0 Å². The number of pyridine rings is 2. The standard InChI is InChI=1S/2C31H44FN3O4S/c2*1-22(17-23-11-7-6-8-12-23)29(37)34-16-15-31(38,30(2,3)20-34)21-35-19-27(33-40(4,5)39)25(18-28(35)36)24-13-9-10-14-26(24)32/h2*9-10,13-14,18-19,22-23,38H,6-8,11-12,15-17,20-21H2,1-5H3/t22-,31+;22-,31-/m11/s1. The van der Waals surface area contributed by atoms with Crippen LogP contribution in [0.15, 0.2) is 91.4 Å². The van der Waals surface area contributed by atoms with Crippen LogP contribution in [0.1, 0.15) is 131 Å². The van der Waals surface area contributed by atoms with E-state index in [2.05, 4.69) is 8.73 Å². The number of amides is 2. The van der Waals surface area contributed by atoms with Crippen molar-refractivity contribution in [2.75, 3.05) is 51.2 Å². The molecule has 2 aromatic carbocycles. The average Bonchev–Trinajstić information content (AvgIpc) is 3.49. The monoisotopic (exact) mass is 1150 g/mol. The smallest absolute Gasteiger partial charge is 0.251 e. The second-order valence-electron chi connectivity index (χ2n) is 25.7. The van der Waals surface area contributed by atoms with Crippen molar-refractivity contribution in [2.45, 2.75) is 156 Å². The summed E-state index contributed by atoms with van der Waals surface area (Å²) in [5, 5.41) is 23.8. The molecule has 2 amide bonds. The van der Waals surface area contributed by atoms with Crippen LogP contribution in [-0.4, -0.2) is 112 Å². The molecule has 4 atom stereocenters. The van der Waals surface area contributed by atoms with E-state index in [9.17, 15) is 46.6 Å². The fourth-order valence-electron chi connectivity index (χ4n) is 12.7. The highest BCUT2D eigenvalue weighted by Crippen LogP contribution is 2.44. The number of piperidine rings is 2. The number of hydrogen-bond donors (Lipinski definition) is 2. The Balaban J connectivity index is 0.000000231. The number of nitrogens with zero attached hydrogens (tertiary/aromatic N) is 6. The number of carbonyl (C=O) groups excluding carboxylic acids is 2.